The average Bonchev–Trinajstić information content (AvgIpc) is 2.14. The predicted molar refractivity (Wildman–Crippen MR) is 31.3 cm³/mol. The molecule has 0 bridgehead atoms. The van der Waals surface area contributed by atoms with E-state index in [0.29, 0.717) is 0 Å². The number of rotatable bonds is 1. The normalized spacial score (nSPS) is 7.12. The number of nitrogens with zero attached hydrogens (tertiary/aromatic N) is 1. The van der Waals surface area contributed by atoms with Crippen molar-refractivity contribution in [2.75, 3.05) is 0 Å². The summed E-state index contributed by atoms with van der Waals surface area (Å²) >= 11 is -0.392. The number of H-pyrrole nitrogens is 1. The maximum atomic E-state index is 4.06. The molecular weight excluding hydrogens is 177 g/mol. The van der Waals surface area contributed by atoms with E-state index in [2.05, 4.69) is 15.5 Å². The molecule has 0 aliphatic heterocycles. The molecule has 0 atom stereocenters. The van der Waals surface area contributed by atoms with Crippen LogP contribution in [-0.2, 0) is 17.1 Å². The Morgan fingerprint density at radius 1 is 1.75 bits per heavy atom. The number of aromatic nitrogens is 2. The van der Waals surface area contributed by atoms with Gasteiger partial charge in [-0.1, -0.05) is 0 Å². The molecule has 2 nitrogen and oxygen atoms in total. The van der Waals surface area contributed by atoms with Crippen LogP contribution in [0.25, 0.3) is 0 Å². The van der Waals surface area contributed by atoms with Crippen LogP contribution in [-0.4, -0.2) is 9.97 Å². The quantitative estimate of drug-likeness (QED) is 0.635. The van der Waals surface area contributed by atoms with Gasteiger partial charge in [-0.05, 0) is 0 Å². The molecule has 0 aromatic carbocycles. The second-order valence-corrected chi connectivity index (χ2v) is 4.28. The van der Waals surface area contributed by atoms with Crippen molar-refractivity contribution in [2.24, 2.45) is 0 Å². The molecule has 0 fully saturated rings. The molecule has 1 heterocycles. The minimum atomic E-state index is -0.392. The summed E-state index contributed by atoms with van der Waals surface area (Å²) in [7, 11) is 0. The van der Waals surface area contributed by atoms with Gasteiger partial charge in [0.2, 0.25) is 0 Å². The number of nitrogens with one attached hydrogen (secondary N) is 1. The zero-order valence-electron chi connectivity index (χ0n) is 4.72. The molecule has 0 saturated carbocycles. The van der Waals surface area contributed by atoms with Gasteiger partial charge < -0.3 is 0 Å². The summed E-state index contributed by atoms with van der Waals surface area (Å²) in [6, 6.07) is 0. The zero-order valence-corrected chi connectivity index (χ0v) is 8.50. The van der Waals surface area contributed by atoms with Gasteiger partial charge in [-0.15, -0.1) is 12.4 Å². The molecule has 0 aliphatic carbocycles. The van der Waals surface area contributed by atoms with Crippen LogP contribution in [0.2, 0.25) is 5.52 Å². The van der Waals surface area contributed by atoms with Crippen LogP contribution in [0, 0.1) is 0 Å². The standard InChI is InChI=1S/C3H3N2.CH3.ClH.Zn/c1-2-5-3-4-1;;;/h1-2H,(H,4,5);1H3;1H;. The van der Waals surface area contributed by atoms with Crippen molar-refractivity contribution in [1.82, 2.24) is 9.97 Å². The molecule has 0 amide bonds. The van der Waals surface area contributed by atoms with E-state index in [4.69, 9.17) is 0 Å². The average molecular weight is 184 g/mol. The van der Waals surface area contributed by atoms with Gasteiger partial charge in [0.05, 0.1) is 0 Å². The number of hydrogen-bond donors (Lipinski definition) is 1. The van der Waals surface area contributed by atoms with Crippen LogP contribution in [0.4, 0.5) is 0 Å². The van der Waals surface area contributed by atoms with E-state index < -0.39 is 17.1 Å². The second-order valence-electron chi connectivity index (χ2n) is 1.39. The van der Waals surface area contributed by atoms with E-state index in [1.165, 1.54) is 4.42 Å². The van der Waals surface area contributed by atoms with Crippen LogP contribution in [0.5, 0.6) is 0 Å². The summed E-state index contributed by atoms with van der Waals surface area (Å²) in [5, 5.41) is 0. The Bertz CT molecular complexity index is 129. The zero-order chi connectivity index (χ0) is 5.11. The van der Waals surface area contributed by atoms with Crippen molar-refractivity contribution in [1.29, 1.82) is 0 Å². The van der Waals surface area contributed by atoms with E-state index in [1.807, 2.05) is 12.4 Å². The summed E-state index contributed by atoms with van der Waals surface area (Å²) in [5.74, 6) is 0. The third-order valence-electron chi connectivity index (χ3n) is 0.890. The topological polar surface area (TPSA) is 28.7 Å². The number of aromatic amines is 1. The molecule has 42 valence electrons. The molecule has 1 N–H and O–H groups in total. The Kier molecular flexibility index (Phi) is 4.11. The fourth-order valence-electron chi connectivity index (χ4n) is 0.491. The van der Waals surface area contributed by atoms with Crippen molar-refractivity contribution >= 4 is 16.8 Å². The minimum absolute atomic E-state index is 0. The Morgan fingerprint density at radius 2 is 2.50 bits per heavy atom. The third-order valence-corrected chi connectivity index (χ3v) is 3.11. The summed E-state index contributed by atoms with van der Waals surface area (Å²) in [6.07, 6.45) is 3.69. The molecule has 0 aliphatic rings. The first-order valence-electron chi connectivity index (χ1n) is 2.41. The van der Waals surface area contributed by atoms with Gasteiger partial charge in [-0.2, -0.15) is 0 Å². The van der Waals surface area contributed by atoms with Crippen LogP contribution in [0.1, 0.15) is 0 Å². The maximum absolute atomic E-state index is 4.06. The molecule has 4 heteroatoms. The number of halogens is 1. The Balaban J connectivity index is 0.000000490. The van der Waals surface area contributed by atoms with Gasteiger partial charge in [0, 0.05) is 0 Å². The van der Waals surface area contributed by atoms with Crippen LogP contribution < -0.4 is 4.42 Å². The van der Waals surface area contributed by atoms with Crippen molar-refractivity contribution < 1.29 is 17.1 Å². The van der Waals surface area contributed by atoms with Gasteiger partial charge in [0.15, 0.2) is 0 Å². The molecule has 0 saturated heterocycles. The summed E-state index contributed by atoms with van der Waals surface area (Å²) in [5.41, 5.74) is 2.26. The second kappa shape index (κ2) is 4.05. The molecule has 0 unspecified atom stereocenters. The number of hydrogen-bond acceptors (Lipinski definition) is 1. The Morgan fingerprint density at radius 3 is 2.75 bits per heavy atom. The molecular formula is C4H7ClN2Zn. The fourth-order valence-corrected chi connectivity index (χ4v) is 1.77. The van der Waals surface area contributed by atoms with Gasteiger partial charge in [0.1, 0.15) is 0 Å². The van der Waals surface area contributed by atoms with E-state index in [9.17, 15) is 0 Å². The van der Waals surface area contributed by atoms with E-state index in [1.54, 1.807) is 0 Å². The predicted octanol–water partition coefficient (Wildman–Crippen LogP) is 0.587. The summed E-state index contributed by atoms with van der Waals surface area (Å²) < 4.78 is 1.24. The Labute approximate surface area is 62.1 Å². The first kappa shape index (κ1) is 8.12. The van der Waals surface area contributed by atoms with Crippen LogP contribution >= 0.6 is 12.4 Å². The molecule has 1 rings (SSSR count). The van der Waals surface area contributed by atoms with E-state index in [-0.39, 0.29) is 12.4 Å². The van der Waals surface area contributed by atoms with Gasteiger partial charge in [-0.25, -0.2) is 0 Å². The SMILES string of the molecule is Cl.[CH3][Zn][c]1ncc[nH]1. The molecule has 8 heavy (non-hydrogen) atoms. The molecule has 1 aromatic rings. The fraction of sp³-hybridized carbons (Fsp3) is 0.250. The van der Waals surface area contributed by atoms with Crippen molar-refractivity contribution in [2.45, 2.75) is 5.52 Å². The monoisotopic (exact) mass is 182 g/mol. The first-order chi connectivity index (χ1) is 3.43. The molecule has 0 radical (unpaired) electrons. The van der Waals surface area contributed by atoms with Gasteiger partial charge in [0.25, 0.3) is 0 Å². The van der Waals surface area contributed by atoms with Gasteiger partial charge >= 0.3 is 49.4 Å². The third kappa shape index (κ3) is 1.93. The first-order valence-corrected chi connectivity index (χ1v) is 6.87. The van der Waals surface area contributed by atoms with Crippen molar-refractivity contribution in [3.8, 4) is 0 Å². The number of imidazole rings is 1. The van der Waals surface area contributed by atoms with Crippen LogP contribution in [0.15, 0.2) is 12.4 Å². The summed E-state index contributed by atoms with van der Waals surface area (Å²) in [6.45, 7) is 0. The van der Waals surface area contributed by atoms with Crippen molar-refractivity contribution in [3.63, 3.8) is 0 Å². The van der Waals surface area contributed by atoms with Crippen molar-refractivity contribution in [3.05, 3.63) is 12.4 Å². The van der Waals surface area contributed by atoms with Gasteiger partial charge in [-0.3, -0.25) is 0 Å². The Hall–Kier alpha value is 0.123. The van der Waals surface area contributed by atoms with Crippen LogP contribution in [0.3, 0.4) is 0 Å². The van der Waals surface area contributed by atoms with E-state index in [0.717, 1.165) is 0 Å². The molecule has 0 spiro atoms. The van der Waals surface area contributed by atoms with E-state index >= 15 is 0 Å². The summed E-state index contributed by atoms with van der Waals surface area (Å²) in [4.78, 5) is 7.12. The molecule has 1 aromatic heterocycles.